The second-order valence-corrected chi connectivity index (χ2v) is 8.24. The molecule has 0 aliphatic carbocycles. The second kappa shape index (κ2) is 6.99. The van der Waals surface area contributed by atoms with E-state index in [1.165, 1.54) is 31.5 Å². The maximum absolute atomic E-state index is 12.7. The van der Waals surface area contributed by atoms with E-state index in [9.17, 15) is 13.2 Å². The lowest BCUT2D eigenvalue weighted by Crippen LogP contribution is -2.35. The lowest BCUT2D eigenvalue weighted by molar-refractivity contribution is -0.113. The number of halogens is 2. The largest absolute Gasteiger partial charge is 0.345 e. The Morgan fingerprint density at radius 3 is 2.48 bits per heavy atom. The number of carbonyl (C=O) groups excluding carboxylic acids is 1. The van der Waals surface area contributed by atoms with Gasteiger partial charge in [0, 0.05) is 31.0 Å². The number of benzene rings is 1. The van der Waals surface area contributed by atoms with E-state index in [4.69, 9.17) is 23.2 Å². The van der Waals surface area contributed by atoms with Crippen molar-refractivity contribution in [3.63, 3.8) is 0 Å². The van der Waals surface area contributed by atoms with Gasteiger partial charge in [0.05, 0.1) is 22.0 Å². The summed E-state index contributed by atoms with van der Waals surface area (Å²) in [5.41, 5.74) is 1.66. The summed E-state index contributed by atoms with van der Waals surface area (Å²) >= 11 is 11.8. The second-order valence-electron chi connectivity index (χ2n) is 5.80. The Balaban J connectivity index is 1.99. The van der Waals surface area contributed by atoms with E-state index in [1.807, 2.05) is 0 Å². The molecule has 1 aliphatic rings. The smallest absolute Gasteiger partial charge is 0.321 e. The summed E-state index contributed by atoms with van der Waals surface area (Å²) in [6.07, 6.45) is 2.90. The van der Waals surface area contributed by atoms with E-state index in [0.717, 1.165) is 4.31 Å². The minimum absolute atomic E-state index is 0.0886. The third kappa shape index (κ3) is 3.71. The van der Waals surface area contributed by atoms with Gasteiger partial charge in [-0.25, -0.2) is 4.31 Å². The zero-order valence-corrected chi connectivity index (χ0v) is 16.9. The van der Waals surface area contributed by atoms with Crippen molar-refractivity contribution in [1.29, 1.82) is 0 Å². The molecule has 2 heterocycles. The fraction of sp³-hybridized carbons (Fsp3) is 0.188. The number of amides is 1. The van der Waals surface area contributed by atoms with E-state index in [2.05, 4.69) is 14.8 Å². The highest BCUT2D eigenvalue weighted by Gasteiger charge is 2.31. The molecule has 0 unspecified atom stereocenters. The van der Waals surface area contributed by atoms with Gasteiger partial charge in [-0.05, 0) is 31.2 Å². The van der Waals surface area contributed by atoms with Gasteiger partial charge in [0.1, 0.15) is 5.70 Å². The van der Waals surface area contributed by atoms with Crippen LogP contribution < -0.4 is 5.32 Å². The molecule has 3 rings (SSSR count). The van der Waals surface area contributed by atoms with Gasteiger partial charge >= 0.3 is 10.2 Å². The number of aryl methyl sites for hydroxylation is 1. The maximum atomic E-state index is 12.7. The Bertz CT molecular complexity index is 1110. The molecule has 0 atom stereocenters. The van der Waals surface area contributed by atoms with Crippen molar-refractivity contribution in [3.8, 4) is 0 Å². The van der Waals surface area contributed by atoms with Crippen LogP contribution in [0.5, 0.6) is 0 Å². The molecule has 0 spiro atoms. The predicted molar refractivity (Wildman–Crippen MR) is 104 cm³/mol. The van der Waals surface area contributed by atoms with E-state index < -0.39 is 16.1 Å². The van der Waals surface area contributed by atoms with Gasteiger partial charge in [0.15, 0.2) is 0 Å². The standard InChI is InChI=1S/C16H15Cl2N5O3S/c1-9-11(8-19-22(9)2)14-7-15(23(3)27(25,26)21-14)16(24)20-10-4-5-12(17)13(18)6-10/h4-8H,1-3H3,(H,20,24). The van der Waals surface area contributed by atoms with Gasteiger partial charge in [-0.2, -0.15) is 13.5 Å². The zero-order valence-electron chi connectivity index (χ0n) is 14.6. The summed E-state index contributed by atoms with van der Waals surface area (Å²) in [5, 5.41) is 7.30. The van der Waals surface area contributed by atoms with Gasteiger partial charge in [0.25, 0.3) is 5.91 Å². The topological polar surface area (TPSA) is 96.7 Å². The van der Waals surface area contributed by atoms with Crippen LogP contribution >= 0.6 is 23.2 Å². The number of carbonyl (C=O) groups is 1. The summed E-state index contributed by atoms with van der Waals surface area (Å²) in [4.78, 5) is 12.7. The first kappa shape index (κ1) is 19.4. The maximum Gasteiger partial charge on any atom is 0.345 e. The van der Waals surface area contributed by atoms with Crippen molar-refractivity contribution in [2.24, 2.45) is 11.4 Å². The van der Waals surface area contributed by atoms with Crippen molar-refractivity contribution in [2.75, 3.05) is 12.4 Å². The minimum Gasteiger partial charge on any atom is -0.321 e. The predicted octanol–water partition coefficient (Wildman–Crippen LogP) is 2.54. The van der Waals surface area contributed by atoms with Crippen LogP contribution in [0.25, 0.3) is 0 Å². The normalized spacial score (nSPS) is 16.0. The SMILES string of the molecule is Cc1c(C2=NS(=O)(=O)N(C)C(C(=O)Nc3ccc(Cl)c(Cl)c3)=C2)cnn1C. The van der Waals surface area contributed by atoms with Crippen molar-refractivity contribution in [3.05, 3.63) is 57.5 Å². The molecule has 27 heavy (non-hydrogen) atoms. The highest BCUT2D eigenvalue weighted by Crippen LogP contribution is 2.26. The van der Waals surface area contributed by atoms with Crippen LogP contribution in [0.4, 0.5) is 5.69 Å². The van der Waals surface area contributed by atoms with Crippen LogP contribution in [0, 0.1) is 6.92 Å². The van der Waals surface area contributed by atoms with E-state index in [-0.39, 0.29) is 16.4 Å². The summed E-state index contributed by atoms with van der Waals surface area (Å²) < 4.78 is 31.0. The zero-order chi connectivity index (χ0) is 19.9. The van der Waals surface area contributed by atoms with Gasteiger partial charge in [-0.1, -0.05) is 23.2 Å². The average Bonchev–Trinajstić information content (AvgIpc) is 2.92. The van der Waals surface area contributed by atoms with Crippen LogP contribution in [-0.4, -0.2) is 41.2 Å². The average molecular weight is 428 g/mol. The first-order valence-corrected chi connectivity index (χ1v) is 9.81. The molecule has 2 aromatic rings. The number of hydrogen-bond acceptors (Lipinski definition) is 4. The Hall–Kier alpha value is -2.36. The fourth-order valence-corrected chi connectivity index (χ4v) is 3.62. The molecule has 11 heteroatoms. The number of anilines is 1. The van der Waals surface area contributed by atoms with Crippen molar-refractivity contribution >= 4 is 50.7 Å². The molecule has 8 nitrogen and oxygen atoms in total. The van der Waals surface area contributed by atoms with E-state index in [1.54, 1.807) is 24.7 Å². The molecule has 1 aliphatic heterocycles. The Morgan fingerprint density at radius 2 is 1.89 bits per heavy atom. The van der Waals surface area contributed by atoms with Gasteiger partial charge in [-0.3, -0.25) is 9.48 Å². The highest BCUT2D eigenvalue weighted by molar-refractivity contribution is 7.88. The number of allylic oxidation sites excluding steroid dienone is 1. The molecular formula is C16H15Cl2N5O3S. The Morgan fingerprint density at radius 1 is 1.19 bits per heavy atom. The molecule has 0 bridgehead atoms. The van der Waals surface area contributed by atoms with Crippen LogP contribution in [0.3, 0.4) is 0 Å². The number of rotatable bonds is 3. The fourth-order valence-electron chi connectivity index (χ4n) is 2.41. The molecule has 0 fully saturated rings. The number of nitrogens with zero attached hydrogens (tertiary/aromatic N) is 4. The van der Waals surface area contributed by atoms with Gasteiger partial charge in [0.2, 0.25) is 0 Å². The molecule has 1 aromatic carbocycles. The third-order valence-electron chi connectivity index (χ3n) is 4.09. The molecular weight excluding hydrogens is 413 g/mol. The molecule has 0 saturated carbocycles. The number of hydrogen-bond donors (Lipinski definition) is 1. The Kier molecular flexibility index (Phi) is 5.02. The molecule has 1 N–H and O–H groups in total. The highest BCUT2D eigenvalue weighted by atomic mass is 35.5. The van der Waals surface area contributed by atoms with E-state index in [0.29, 0.717) is 22.0 Å². The van der Waals surface area contributed by atoms with Crippen LogP contribution in [0.2, 0.25) is 10.0 Å². The number of likely N-dealkylation sites (N-methyl/N-ethyl adjacent to an activating group) is 1. The summed E-state index contributed by atoms with van der Waals surface area (Å²) in [6, 6.07) is 4.56. The van der Waals surface area contributed by atoms with Crippen LogP contribution in [0.1, 0.15) is 11.3 Å². The number of nitrogens with one attached hydrogen (secondary N) is 1. The summed E-state index contributed by atoms with van der Waals surface area (Å²) in [6.45, 7) is 1.78. The third-order valence-corrected chi connectivity index (χ3v) is 6.15. The minimum atomic E-state index is -4.06. The van der Waals surface area contributed by atoms with Gasteiger partial charge < -0.3 is 5.32 Å². The molecule has 0 radical (unpaired) electrons. The van der Waals surface area contributed by atoms with Gasteiger partial charge in [-0.15, -0.1) is 4.40 Å². The van der Waals surface area contributed by atoms with Crippen LogP contribution in [0.15, 0.2) is 40.6 Å². The van der Waals surface area contributed by atoms with Crippen molar-refractivity contribution < 1.29 is 13.2 Å². The monoisotopic (exact) mass is 427 g/mol. The molecule has 1 aromatic heterocycles. The Labute approximate surface area is 166 Å². The molecule has 0 saturated heterocycles. The first-order chi connectivity index (χ1) is 12.6. The van der Waals surface area contributed by atoms with Crippen molar-refractivity contribution in [2.45, 2.75) is 6.92 Å². The molecule has 142 valence electrons. The lowest BCUT2D eigenvalue weighted by Gasteiger charge is -2.23. The summed E-state index contributed by atoms with van der Waals surface area (Å²) in [7, 11) is -1.08. The van der Waals surface area contributed by atoms with E-state index >= 15 is 0 Å². The number of aromatic nitrogens is 2. The molecule has 1 amide bonds. The summed E-state index contributed by atoms with van der Waals surface area (Å²) in [5.74, 6) is -0.631. The lowest BCUT2D eigenvalue weighted by atomic mass is 10.1. The quantitative estimate of drug-likeness (QED) is 0.813. The van der Waals surface area contributed by atoms with Crippen molar-refractivity contribution in [1.82, 2.24) is 14.1 Å². The first-order valence-electron chi connectivity index (χ1n) is 7.66. The van der Waals surface area contributed by atoms with Crippen LogP contribution in [-0.2, 0) is 22.1 Å².